The molecule has 0 saturated heterocycles. The molecule has 0 fully saturated rings. The average molecular weight is 256 g/mol. The van der Waals surface area contributed by atoms with Gasteiger partial charge in [0.2, 0.25) is 0 Å². The quantitative estimate of drug-likeness (QED) is 0.608. The molecule has 2 rings (SSSR count). The van der Waals surface area contributed by atoms with Crippen LogP contribution < -0.4 is 4.87 Å². The van der Waals surface area contributed by atoms with Crippen molar-refractivity contribution in [1.29, 1.82) is 0 Å². The van der Waals surface area contributed by atoms with Crippen LogP contribution in [0.3, 0.4) is 0 Å². The Labute approximate surface area is 103 Å². The van der Waals surface area contributed by atoms with Crippen LogP contribution in [0.2, 0.25) is 0 Å². The first-order valence-electron chi connectivity index (χ1n) is 5.37. The lowest BCUT2D eigenvalue weighted by Crippen LogP contribution is -2.06. The van der Waals surface area contributed by atoms with Gasteiger partial charge < -0.3 is 4.57 Å². The largest absolute Gasteiger partial charge is 0.307 e. The number of benzene rings is 1. The summed E-state index contributed by atoms with van der Waals surface area (Å²) in [6.07, 6.45) is 3.19. The number of alkyl halides is 1. The summed E-state index contributed by atoms with van der Waals surface area (Å²) in [5, 5.41) is 0. The molecule has 1 aromatic heterocycles. The lowest BCUT2D eigenvalue weighted by atomic mass is 10.1. The van der Waals surface area contributed by atoms with E-state index in [0.717, 1.165) is 35.4 Å². The van der Waals surface area contributed by atoms with Gasteiger partial charge in [0, 0.05) is 12.9 Å². The molecule has 2 aromatic rings. The van der Waals surface area contributed by atoms with Crippen molar-refractivity contribution in [2.45, 2.75) is 19.3 Å². The van der Waals surface area contributed by atoms with Crippen molar-refractivity contribution < 1.29 is 0 Å². The lowest BCUT2D eigenvalue weighted by Gasteiger charge is -2.00. The van der Waals surface area contributed by atoms with Gasteiger partial charge in [0.1, 0.15) is 0 Å². The van der Waals surface area contributed by atoms with Crippen LogP contribution in [-0.4, -0.2) is 10.4 Å². The molecule has 2 nitrogen and oxygen atoms in total. The summed E-state index contributed by atoms with van der Waals surface area (Å²) in [7, 11) is 1.81. The minimum Gasteiger partial charge on any atom is -0.302 e. The van der Waals surface area contributed by atoms with Gasteiger partial charge in [-0.1, -0.05) is 17.4 Å². The SMILES string of the molecule is Cn1c(=O)sc2cc(CCCCCl)ccc21. The van der Waals surface area contributed by atoms with Crippen molar-refractivity contribution in [3.63, 3.8) is 0 Å². The topological polar surface area (TPSA) is 22.0 Å². The third kappa shape index (κ3) is 2.30. The Balaban J connectivity index is 2.27. The highest BCUT2D eigenvalue weighted by Gasteiger charge is 2.04. The van der Waals surface area contributed by atoms with Gasteiger partial charge in [-0.3, -0.25) is 4.79 Å². The average Bonchev–Trinajstić information content (AvgIpc) is 2.55. The summed E-state index contributed by atoms with van der Waals surface area (Å²) in [6, 6.07) is 6.25. The second-order valence-corrected chi connectivity index (χ2v) is 5.25. The van der Waals surface area contributed by atoms with Gasteiger partial charge in [0.25, 0.3) is 0 Å². The van der Waals surface area contributed by atoms with Crippen molar-refractivity contribution in [3.8, 4) is 0 Å². The van der Waals surface area contributed by atoms with Crippen LogP contribution in [0.1, 0.15) is 18.4 Å². The molecule has 0 aliphatic carbocycles. The molecule has 0 aliphatic rings. The van der Waals surface area contributed by atoms with Gasteiger partial charge >= 0.3 is 4.87 Å². The monoisotopic (exact) mass is 255 g/mol. The van der Waals surface area contributed by atoms with Gasteiger partial charge in [0.15, 0.2) is 0 Å². The van der Waals surface area contributed by atoms with Crippen LogP contribution in [0.5, 0.6) is 0 Å². The molecule has 4 heteroatoms. The van der Waals surface area contributed by atoms with Crippen LogP contribution in [0.4, 0.5) is 0 Å². The standard InChI is InChI=1S/C12H14ClNOS/c1-14-10-6-5-9(4-2-3-7-13)8-11(10)16-12(14)15/h5-6,8H,2-4,7H2,1H3. The summed E-state index contributed by atoms with van der Waals surface area (Å²) in [6.45, 7) is 0. The van der Waals surface area contributed by atoms with Crippen molar-refractivity contribution in [2.24, 2.45) is 7.05 Å². The summed E-state index contributed by atoms with van der Waals surface area (Å²) in [5.74, 6) is 0.723. The number of aromatic nitrogens is 1. The van der Waals surface area contributed by atoms with E-state index in [9.17, 15) is 4.79 Å². The first-order valence-corrected chi connectivity index (χ1v) is 6.72. The molecule has 16 heavy (non-hydrogen) atoms. The molecular weight excluding hydrogens is 242 g/mol. The van der Waals surface area contributed by atoms with Crippen LogP contribution in [-0.2, 0) is 13.5 Å². The molecule has 0 radical (unpaired) electrons. The number of nitrogens with zero attached hydrogens (tertiary/aromatic N) is 1. The third-order valence-electron chi connectivity index (χ3n) is 2.71. The predicted molar refractivity (Wildman–Crippen MR) is 70.7 cm³/mol. The number of fused-ring (bicyclic) bond motifs is 1. The summed E-state index contributed by atoms with van der Waals surface area (Å²) in [4.78, 5) is 11.6. The minimum absolute atomic E-state index is 0.105. The molecule has 1 aromatic carbocycles. The minimum atomic E-state index is 0.105. The zero-order valence-electron chi connectivity index (χ0n) is 9.20. The van der Waals surface area contributed by atoms with E-state index in [-0.39, 0.29) is 4.87 Å². The zero-order valence-corrected chi connectivity index (χ0v) is 10.8. The molecule has 0 atom stereocenters. The van der Waals surface area contributed by atoms with E-state index in [1.165, 1.54) is 16.9 Å². The Morgan fingerprint density at radius 2 is 2.19 bits per heavy atom. The van der Waals surface area contributed by atoms with Gasteiger partial charge in [-0.15, -0.1) is 11.6 Å². The van der Waals surface area contributed by atoms with E-state index in [0.29, 0.717) is 0 Å². The maximum absolute atomic E-state index is 11.5. The molecule has 0 N–H and O–H groups in total. The fourth-order valence-corrected chi connectivity index (χ4v) is 2.89. The molecule has 0 spiro atoms. The number of hydrogen-bond donors (Lipinski definition) is 0. The van der Waals surface area contributed by atoms with Gasteiger partial charge in [0.05, 0.1) is 10.2 Å². The first kappa shape index (κ1) is 11.7. The second kappa shape index (κ2) is 5.02. The zero-order chi connectivity index (χ0) is 11.5. The highest BCUT2D eigenvalue weighted by Crippen LogP contribution is 2.19. The fraction of sp³-hybridized carbons (Fsp3) is 0.417. The molecule has 86 valence electrons. The highest BCUT2D eigenvalue weighted by atomic mass is 35.5. The Morgan fingerprint density at radius 3 is 2.94 bits per heavy atom. The Kier molecular flexibility index (Phi) is 3.66. The van der Waals surface area contributed by atoms with Crippen LogP contribution in [0, 0.1) is 0 Å². The van der Waals surface area contributed by atoms with E-state index in [1.54, 1.807) is 4.57 Å². The van der Waals surface area contributed by atoms with Crippen molar-refractivity contribution in [3.05, 3.63) is 33.4 Å². The number of hydrogen-bond acceptors (Lipinski definition) is 2. The van der Waals surface area contributed by atoms with Crippen molar-refractivity contribution >= 4 is 33.2 Å². The summed E-state index contributed by atoms with van der Waals surface area (Å²) >= 11 is 6.96. The van der Waals surface area contributed by atoms with E-state index < -0.39 is 0 Å². The highest BCUT2D eigenvalue weighted by molar-refractivity contribution is 7.16. The molecule has 0 aliphatic heterocycles. The van der Waals surface area contributed by atoms with E-state index in [4.69, 9.17) is 11.6 Å². The van der Waals surface area contributed by atoms with Gasteiger partial charge in [-0.05, 0) is 37.0 Å². The van der Waals surface area contributed by atoms with Crippen molar-refractivity contribution in [2.75, 3.05) is 5.88 Å². The van der Waals surface area contributed by atoms with Crippen molar-refractivity contribution in [1.82, 2.24) is 4.57 Å². The van der Waals surface area contributed by atoms with Crippen LogP contribution >= 0.6 is 22.9 Å². The maximum atomic E-state index is 11.5. The number of thiazole rings is 1. The predicted octanol–water partition coefficient (Wildman–Crippen LogP) is 3.16. The smallest absolute Gasteiger partial charge is 0.302 e. The Hall–Kier alpha value is -0.800. The molecule has 0 bridgehead atoms. The fourth-order valence-electron chi connectivity index (χ4n) is 1.76. The van der Waals surface area contributed by atoms with Crippen LogP contribution in [0.15, 0.2) is 23.0 Å². The molecule has 1 heterocycles. The number of aryl methyl sites for hydroxylation is 2. The molecular formula is C12H14ClNOS. The normalized spacial score (nSPS) is 11.1. The molecule has 0 saturated carbocycles. The number of rotatable bonds is 4. The van der Waals surface area contributed by atoms with Crippen LogP contribution in [0.25, 0.3) is 10.2 Å². The van der Waals surface area contributed by atoms with E-state index in [2.05, 4.69) is 12.1 Å². The molecule has 0 amide bonds. The second-order valence-electron chi connectivity index (χ2n) is 3.88. The lowest BCUT2D eigenvalue weighted by molar-refractivity contribution is 0.800. The maximum Gasteiger partial charge on any atom is 0.307 e. The molecule has 0 unspecified atom stereocenters. The third-order valence-corrected chi connectivity index (χ3v) is 3.97. The number of halogens is 1. The summed E-state index contributed by atoms with van der Waals surface area (Å²) in [5.41, 5.74) is 2.32. The summed E-state index contributed by atoms with van der Waals surface area (Å²) < 4.78 is 2.78. The van der Waals surface area contributed by atoms with E-state index in [1.807, 2.05) is 13.1 Å². The van der Waals surface area contributed by atoms with E-state index >= 15 is 0 Å². The van der Waals surface area contributed by atoms with Gasteiger partial charge in [-0.2, -0.15) is 0 Å². The first-order chi connectivity index (χ1) is 7.72. The Bertz CT molecular complexity index is 543. The Morgan fingerprint density at radius 1 is 1.38 bits per heavy atom. The van der Waals surface area contributed by atoms with Gasteiger partial charge in [-0.25, -0.2) is 0 Å². The number of unbranched alkanes of at least 4 members (excludes halogenated alkanes) is 1.